The molecule has 2 rings (SSSR count). The Morgan fingerprint density at radius 2 is 2.27 bits per heavy atom. The quantitative estimate of drug-likeness (QED) is 0.808. The Bertz CT molecular complexity index is 325. The van der Waals surface area contributed by atoms with Gasteiger partial charge in [0.25, 0.3) is 0 Å². The third-order valence-electron chi connectivity index (χ3n) is 3.30. The van der Waals surface area contributed by atoms with Crippen molar-refractivity contribution in [3.63, 3.8) is 0 Å². The molecule has 0 saturated carbocycles. The standard InChI is InChI=1S/C13H22N2/c1-9(2)4-7-13-14-11-6-5-10(3)8-12(11)15-13/h9-10H,4-8H2,1-3H3,(H,14,15). The summed E-state index contributed by atoms with van der Waals surface area (Å²) in [7, 11) is 0. The van der Waals surface area contributed by atoms with Crippen molar-refractivity contribution < 1.29 is 0 Å². The van der Waals surface area contributed by atoms with E-state index in [2.05, 4.69) is 25.8 Å². The molecule has 1 aromatic heterocycles. The second-order valence-electron chi connectivity index (χ2n) is 5.39. The second-order valence-corrected chi connectivity index (χ2v) is 5.39. The monoisotopic (exact) mass is 206 g/mol. The summed E-state index contributed by atoms with van der Waals surface area (Å²) in [6.07, 6.45) is 6.03. The Balaban J connectivity index is 2.03. The van der Waals surface area contributed by atoms with E-state index in [0.29, 0.717) is 0 Å². The van der Waals surface area contributed by atoms with E-state index in [4.69, 9.17) is 4.98 Å². The van der Waals surface area contributed by atoms with Crippen LogP contribution in [0.25, 0.3) is 0 Å². The minimum Gasteiger partial charge on any atom is -0.346 e. The average molecular weight is 206 g/mol. The first-order chi connectivity index (χ1) is 7.15. The number of aromatic amines is 1. The molecule has 0 amide bonds. The molecule has 0 aromatic carbocycles. The van der Waals surface area contributed by atoms with E-state index < -0.39 is 0 Å². The fourth-order valence-electron chi connectivity index (χ4n) is 2.26. The predicted octanol–water partition coefficient (Wildman–Crippen LogP) is 3.12. The molecular formula is C13H22N2. The number of aromatic nitrogens is 2. The molecule has 2 nitrogen and oxygen atoms in total. The lowest BCUT2D eigenvalue weighted by Crippen LogP contribution is -2.10. The van der Waals surface area contributed by atoms with Crippen LogP contribution >= 0.6 is 0 Å². The van der Waals surface area contributed by atoms with Crippen molar-refractivity contribution in [2.24, 2.45) is 11.8 Å². The summed E-state index contributed by atoms with van der Waals surface area (Å²) in [6, 6.07) is 0. The van der Waals surface area contributed by atoms with Gasteiger partial charge in [0, 0.05) is 12.1 Å². The minimum atomic E-state index is 0.769. The molecule has 1 N–H and O–H groups in total. The van der Waals surface area contributed by atoms with Gasteiger partial charge in [0.2, 0.25) is 0 Å². The highest BCUT2D eigenvalue weighted by Gasteiger charge is 2.18. The first-order valence-corrected chi connectivity index (χ1v) is 6.21. The van der Waals surface area contributed by atoms with E-state index in [1.54, 1.807) is 0 Å². The zero-order valence-corrected chi connectivity index (χ0v) is 10.1. The van der Waals surface area contributed by atoms with Gasteiger partial charge in [-0.2, -0.15) is 0 Å². The van der Waals surface area contributed by atoms with Crippen molar-refractivity contribution in [3.8, 4) is 0 Å². The van der Waals surface area contributed by atoms with Crippen molar-refractivity contribution in [2.75, 3.05) is 0 Å². The molecule has 0 spiro atoms. The van der Waals surface area contributed by atoms with Crippen LogP contribution in [0.15, 0.2) is 0 Å². The number of rotatable bonds is 3. The maximum absolute atomic E-state index is 4.70. The van der Waals surface area contributed by atoms with Crippen LogP contribution in [0.2, 0.25) is 0 Å². The van der Waals surface area contributed by atoms with Crippen LogP contribution in [0, 0.1) is 11.8 Å². The lowest BCUT2D eigenvalue weighted by molar-refractivity contribution is 0.492. The van der Waals surface area contributed by atoms with E-state index in [1.807, 2.05) is 0 Å². The van der Waals surface area contributed by atoms with Crippen molar-refractivity contribution in [2.45, 2.75) is 52.9 Å². The Morgan fingerprint density at radius 3 is 3.00 bits per heavy atom. The highest BCUT2D eigenvalue weighted by Crippen LogP contribution is 2.23. The summed E-state index contributed by atoms with van der Waals surface area (Å²) in [6.45, 7) is 6.87. The van der Waals surface area contributed by atoms with E-state index in [1.165, 1.54) is 42.9 Å². The number of hydrogen-bond acceptors (Lipinski definition) is 1. The molecule has 0 aliphatic heterocycles. The van der Waals surface area contributed by atoms with E-state index in [9.17, 15) is 0 Å². The van der Waals surface area contributed by atoms with Crippen LogP contribution in [0.1, 0.15) is 50.8 Å². The topological polar surface area (TPSA) is 28.7 Å². The van der Waals surface area contributed by atoms with Gasteiger partial charge in [-0.05, 0) is 37.5 Å². The maximum Gasteiger partial charge on any atom is 0.106 e. The highest BCUT2D eigenvalue weighted by atomic mass is 14.9. The van der Waals surface area contributed by atoms with Crippen molar-refractivity contribution in [1.29, 1.82) is 0 Å². The number of fused-ring (bicyclic) bond motifs is 1. The molecule has 15 heavy (non-hydrogen) atoms. The predicted molar refractivity (Wildman–Crippen MR) is 62.9 cm³/mol. The van der Waals surface area contributed by atoms with Crippen molar-refractivity contribution >= 4 is 0 Å². The Hall–Kier alpha value is -0.790. The Kier molecular flexibility index (Phi) is 3.13. The number of H-pyrrole nitrogens is 1. The molecule has 0 saturated heterocycles. The highest BCUT2D eigenvalue weighted by molar-refractivity contribution is 5.18. The number of nitrogens with one attached hydrogen (secondary N) is 1. The molecule has 1 unspecified atom stereocenters. The average Bonchev–Trinajstić information content (AvgIpc) is 2.56. The number of imidazole rings is 1. The summed E-state index contributed by atoms with van der Waals surface area (Å²) in [4.78, 5) is 8.21. The van der Waals surface area contributed by atoms with Crippen LogP contribution in [0.5, 0.6) is 0 Å². The van der Waals surface area contributed by atoms with Gasteiger partial charge >= 0.3 is 0 Å². The molecular weight excluding hydrogens is 184 g/mol. The molecule has 0 bridgehead atoms. The van der Waals surface area contributed by atoms with Gasteiger partial charge in [-0.25, -0.2) is 4.98 Å². The van der Waals surface area contributed by atoms with Crippen LogP contribution < -0.4 is 0 Å². The van der Waals surface area contributed by atoms with Gasteiger partial charge in [-0.15, -0.1) is 0 Å². The normalized spacial score (nSPS) is 20.7. The first-order valence-electron chi connectivity index (χ1n) is 6.21. The Labute approximate surface area is 92.5 Å². The SMILES string of the molecule is CC(C)CCc1nc2c([nH]1)CC(C)CC2. The van der Waals surface area contributed by atoms with E-state index >= 15 is 0 Å². The van der Waals surface area contributed by atoms with Crippen LogP contribution in [-0.4, -0.2) is 9.97 Å². The van der Waals surface area contributed by atoms with E-state index in [0.717, 1.165) is 18.3 Å². The van der Waals surface area contributed by atoms with Crippen molar-refractivity contribution in [1.82, 2.24) is 9.97 Å². The fourth-order valence-corrected chi connectivity index (χ4v) is 2.26. The van der Waals surface area contributed by atoms with Crippen LogP contribution in [0.4, 0.5) is 0 Å². The van der Waals surface area contributed by atoms with Gasteiger partial charge in [0.05, 0.1) is 5.69 Å². The van der Waals surface area contributed by atoms with Gasteiger partial charge in [-0.1, -0.05) is 20.8 Å². The van der Waals surface area contributed by atoms with Crippen LogP contribution in [0.3, 0.4) is 0 Å². The molecule has 1 aliphatic carbocycles. The number of nitrogens with zero attached hydrogens (tertiary/aromatic N) is 1. The summed E-state index contributed by atoms with van der Waals surface area (Å²) in [5.41, 5.74) is 2.75. The molecule has 0 radical (unpaired) electrons. The largest absolute Gasteiger partial charge is 0.346 e. The lowest BCUT2D eigenvalue weighted by Gasteiger charge is -2.15. The molecule has 1 aromatic rings. The van der Waals surface area contributed by atoms with Gasteiger partial charge in [0.1, 0.15) is 5.82 Å². The second kappa shape index (κ2) is 4.38. The molecule has 84 valence electrons. The van der Waals surface area contributed by atoms with E-state index in [-0.39, 0.29) is 0 Å². The van der Waals surface area contributed by atoms with Crippen LogP contribution in [-0.2, 0) is 19.3 Å². The zero-order valence-electron chi connectivity index (χ0n) is 10.1. The molecule has 1 heterocycles. The van der Waals surface area contributed by atoms with Gasteiger partial charge in [0.15, 0.2) is 0 Å². The summed E-state index contributed by atoms with van der Waals surface area (Å²) in [5, 5.41) is 0. The first kappa shape index (κ1) is 10.7. The smallest absolute Gasteiger partial charge is 0.106 e. The summed E-state index contributed by atoms with van der Waals surface area (Å²) in [5.74, 6) is 2.81. The maximum atomic E-state index is 4.70. The molecule has 1 atom stereocenters. The molecule has 1 aliphatic rings. The van der Waals surface area contributed by atoms with Gasteiger partial charge < -0.3 is 4.98 Å². The summed E-state index contributed by atoms with van der Waals surface area (Å²) < 4.78 is 0. The Morgan fingerprint density at radius 1 is 1.47 bits per heavy atom. The fraction of sp³-hybridized carbons (Fsp3) is 0.769. The number of hydrogen-bond donors (Lipinski definition) is 1. The third-order valence-corrected chi connectivity index (χ3v) is 3.30. The molecule has 2 heteroatoms. The number of aryl methyl sites for hydroxylation is 2. The zero-order chi connectivity index (χ0) is 10.8. The molecule has 0 fully saturated rings. The third kappa shape index (κ3) is 2.61. The minimum absolute atomic E-state index is 0.769. The van der Waals surface area contributed by atoms with Crippen molar-refractivity contribution in [3.05, 3.63) is 17.2 Å². The summed E-state index contributed by atoms with van der Waals surface area (Å²) >= 11 is 0. The van der Waals surface area contributed by atoms with Gasteiger partial charge in [-0.3, -0.25) is 0 Å². The lowest BCUT2D eigenvalue weighted by atomic mass is 9.92.